The molecule has 2 aliphatic rings. The summed E-state index contributed by atoms with van der Waals surface area (Å²) in [6, 6.07) is 6.48. The van der Waals surface area contributed by atoms with Crippen LogP contribution in [0.4, 0.5) is 10.1 Å². The van der Waals surface area contributed by atoms with Crippen LogP contribution in [0.25, 0.3) is 5.65 Å². The molecule has 0 saturated heterocycles. The smallest absolute Gasteiger partial charge is 0.311 e. The van der Waals surface area contributed by atoms with Crippen molar-refractivity contribution in [2.24, 2.45) is 10.8 Å². The normalized spacial score (nSPS) is 21.8. The Balaban J connectivity index is 1.29. The molecule has 0 bridgehead atoms. The monoisotopic (exact) mass is 580 g/mol. The van der Waals surface area contributed by atoms with Gasteiger partial charge in [-0.05, 0) is 55.7 Å². The van der Waals surface area contributed by atoms with Gasteiger partial charge in [-0.1, -0.05) is 13.0 Å². The van der Waals surface area contributed by atoms with E-state index in [1.807, 2.05) is 13.8 Å². The fraction of sp³-hybridized carbons (Fsp3) is 0.448. The van der Waals surface area contributed by atoms with Gasteiger partial charge in [-0.3, -0.25) is 19.2 Å². The van der Waals surface area contributed by atoms with E-state index in [1.165, 1.54) is 18.1 Å². The van der Waals surface area contributed by atoms with Gasteiger partial charge in [0.05, 0.1) is 24.4 Å². The van der Waals surface area contributed by atoms with E-state index in [9.17, 15) is 23.6 Å². The summed E-state index contributed by atoms with van der Waals surface area (Å²) in [7, 11) is 3.03. The number of rotatable bonds is 7. The Bertz CT molecular complexity index is 1580. The number of ether oxygens (including phenoxy) is 2. The Kier molecular flexibility index (Phi) is 7.60. The molecule has 0 spiro atoms. The lowest BCUT2D eigenvalue weighted by Crippen LogP contribution is -2.43. The fourth-order valence-corrected chi connectivity index (χ4v) is 5.33. The van der Waals surface area contributed by atoms with Crippen molar-refractivity contribution >= 4 is 35.0 Å². The molecule has 1 fully saturated rings. The average molecular weight is 581 g/mol. The molecule has 2 aromatic heterocycles. The molecule has 12 nitrogen and oxygen atoms in total. The number of hydrogen-bond donors (Lipinski definition) is 2. The van der Waals surface area contributed by atoms with Gasteiger partial charge in [0.1, 0.15) is 17.1 Å². The molecule has 3 amide bonds. The van der Waals surface area contributed by atoms with Gasteiger partial charge in [-0.15, -0.1) is 0 Å². The first-order chi connectivity index (χ1) is 19.9. The van der Waals surface area contributed by atoms with Gasteiger partial charge in [0.25, 0.3) is 17.7 Å². The number of nitrogens with zero attached hydrogens (tertiary/aromatic N) is 4. The van der Waals surface area contributed by atoms with Crippen molar-refractivity contribution in [3.8, 4) is 5.75 Å². The van der Waals surface area contributed by atoms with Gasteiger partial charge in [-0.25, -0.2) is 13.9 Å². The number of amides is 3. The highest BCUT2D eigenvalue weighted by atomic mass is 19.1. The molecule has 0 atom stereocenters. The number of hydrogen-bond acceptors (Lipinski definition) is 8. The first-order valence-corrected chi connectivity index (χ1v) is 13.6. The van der Waals surface area contributed by atoms with Crippen molar-refractivity contribution in [2.45, 2.75) is 46.1 Å². The zero-order valence-corrected chi connectivity index (χ0v) is 24.0. The van der Waals surface area contributed by atoms with Gasteiger partial charge in [0, 0.05) is 26.2 Å². The number of anilines is 1. The number of halogens is 1. The Morgan fingerprint density at radius 2 is 1.83 bits per heavy atom. The molecule has 2 N–H and O–H groups in total. The van der Waals surface area contributed by atoms with Crippen LogP contribution in [-0.4, -0.2) is 65.6 Å². The molecule has 13 heteroatoms. The van der Waals surface area contributed by atoms with Crippen LogP contribution in [0.2, 0.25) is 0 Å². The molecule has 3 heterocycles. The van der Waals surface area contributed by atoms with Gasteiger partial charge < -0.3 is 25.0 Å². The summed E-state index contributed by atoms with van der Waals surface area (Å²) in [6.07, 6.45) is 3.60. The highest BCUT2D eigenvalue weighted by Crippen LogP contribution is 2.45. The topological polar surface area (TPSA) is 144 Å². The zero-order chi connectivity index (χ0) is 30.2. The molecule has 1 aliphatic heterocycles. The van der Waals surface area contributed by atoms with E-state index in [0.29, 0.717) is 49.2 Å². The molecule has 0 unspecified atom stereocenters. The number of nitrogens with one attached hydrogen (secondary N) is 2. The Morgan fingerprint density at radius 1 is 1.10 bits per heavy atom. The van der Waals surface area contributed by atoms with Crippen molar-refractivity contribution in [2.75, 3.05) is 32.2 Å². The molecule has 0 radical (unpaired) electrons. The number of methoxy groups -OCH3 is 1. The predicted molar refractivity (Wildman–Crippen MR) is 148 cm³/mol. The Hall–Kier alpha value is -4.55. The first-order valence-electron chi connectivity index (χ1n) is 13.6. The van der Waals surface area contributed by atoms with E-state index in [0.717, 1.165) is 10.7 Å². The maximum Gasteiger partial charge on any atom is 0.311 e. The predicted octanol–water partition coefficient (Wildman–Crippen LogP) is 2.64. The van der Waals surface area contributed by atoms with Crippen molar-refractivity contribution in [3.05, 3.63) is 53.2 Å². The molecular weight excluding hydrogens is 547 g/mol. The summed E-state index contributed by atoms with van der Waals surface area (Å²) in [4.78, 5) is 56.1. The number of fused-ring (bicyclic) bond motifs is 2. The van der Waals surface area contributed by atoms with Gasteiger partial charge in [0.15, 0.2) is 18.1 Å². The fourth-order valence-electron chi connectivity index (χ4n) is 5.33. The van der Waals surface area contributed by atoms with E-state index < -0.39 is 23.0 Å². The van der Waals surface area contributed by atoms with Crippen LogP contribution >= 0.6 is 0 Å². The van der Waals surface area contributed by atoms with E-state index >= 15 is 0 Å². The van der Waals surface area contributed by atoms with Crippen LogP contribution in [-0.2, 0) is 20.9 Å². The maximum absolute atomic E-state index is 14.5. The summed E-state index contributed by atoms with van der Waals surface area (Å²) >= 11 is 0. The first kappa shape index (κ1) is 29.0. The lowest BCUT2D eigenvalue weighted by atomic mass is 9.65. The van der Waals surface area contributed by atoms with Crippen molar-refractivity contribution in [1.82, 2.24) is 25.2 Å². The number of carbonyl (C=O) groups is 4. The van der Waals surface area contributed by atoms with Crippen LogP contribution in [0.5, 0.6) is 5.75 Å². The van der Waals surface area contributed by atoms with Gasteiger partial charge in [0.2, 0.25) is 0 Å². The largest absolute Gasteiger partial charge is 0.482 e. The third kappa shape index (κ3) is 5.50. The minimum absolute atomic E-state index is 0.0388. The van der Waals surface area contributed by atoms with Gasteiger partial charge >= 0.3 is 5.97 Å². The molecule has 1 aromatic carbocycles. The SMILES string of the molecule is COC(=O)C1(C)CCC(C)(CNC(=O)c2cc(C(=O)NCc3ccc4c(c3)N(C)C(=O)CO4)nc3c(F)cnn23)CC1. The van der Waals surface area contributed by atoms with Crippen LogP contribution in [0.15, 0.2) is 30.5 Å². The van der Waals surface area contributed by atoms with Crippen LogP contribution in [0.1, 0.15) is 66.1 Å². The minimum Gasteiger partial charge on any atom is -0.482 e. The summed E-state index contributed by atoms with van der Waals surface area (Å²) in [5, 5.41) is 9.57. The molecule has 1 saturated carbocycles. The summed E-state index contributed by atoms with van der Waals surface area (Å²) in [5.41, 5.74) is 0.0211. The molecule has 1 aliphatic carbocycles. The average Bonchev–Trinajstić information content (AvgIpc) is 3.37. The quantitative estimate of drug-likeness (QED) is 0.406. The number of likely N-dealkylation sites (N-methyl/N-ethyl adjacent to an activating group) is 1. The second kappa shape index (κ2) is 11.0. The van der Waals surface area contributed by atoms with Crippen molar-refractivity contribution < 1.29 is 33.0 Å². The number of esters is 1. The highest BCUT2D eigenvalue weighted by molar-refractivity contribution is 5.99. The zero-order valence-electron chi connectivity index (χ0n) is 24.0. The molecule has 222 valence electrons. The van der Waals surface area contributed by atoms with E-state index in [1.54, 1.807) is 25.2 Å². The van der Waals surface area contributed by atoms with Crippen LogP contribution < -0.4 is 20.3 Å². The van der Waals surface area contributed by atoms with Crippen LogP contribution in [0, 0.1) is 16.6 Å². The Labute approximate surface area is 241 Å². The third-order valence-corrected chi connectivity index (χ3v) is 8.37. The minimum atomic E-state index is -0.776. The second-order valence-corrected chi connectivity index (χ2v) is 11.5. The van der Waals surface area contributed by atoms with E-state index in [4.69, 9.17) is 9.47 Å². The number of carbonyl (C=O) groups excluding carboxylic acids is 4. The summed E-state index contributed by atoms with van der Waals surface area (Å²) < 4.78 is 26.0. The van der Waals surface area contributed by atoms with E-state index in [2.05, 4.69) is 20.7 Å². The molecule has 5 rings (SSSR count). The lowest BCUT2D eigenvalue weighted by molar-refractivity contribution is -0.155. The number of benzene rings is 1. The summed E-state index contributed by atoms with van der Waals surface area (Å²) in [6.45, 7) is 4.30. The Morgan fingerprint density at radius 3 is 2.55 bits per heavy atom. The van der Waals surface area contributed by atoms with Gasteiger partial charge in [-0.2, -0.15) is 5.10 Å². The van der Waals surface area contributed by atoms with E-state index in [-0.39, 0.29) is 47.5 Å². The molecule has 3 aromatic rings. The molecular formula is C29H33FN6O6. The van der Waals surface area contributed by atoms with Crippen molar-refractivity contribution in [1.29, 1.82) is 0 Å². The summed E-state index contributed by atoms with van der Waals surface area (Å²) in [5.74, 6) is -1.79. The standard InChI is InChI=1S/C29H33FN6O6/c1-28(7-9-29(2,10-8-28)27(40)41-4)16-32-26(39)21-12-19(34-24-18(30)14-33-36(21)24)25(38)31-13-17-5-6-22-20(11-17)35(3)23(37)15-42-22/h5-6,11-12,14H,7-10,13,15-16H2,1-4H3,(H,31,38)(H,32,39). The highest BCUT2D eigenvalue weighted by Gasteiger charge is 2.43. The molecule has 42 heavy (non-hydrogen) atoms. The van der Waals surface area contributed by atoms with Crippen LogP contribution in [0.3, 0.4) is 0 Å². The third-order valence-electron chi connectivity index (χ3n) is 8.37. The number of aromatic nitrogens is 3. The van der Waals surface area contributed by atoms with Crippen molar-refractivity contribution in [3.63, 3.8) is 0 Å². The maximum atomic E-state index is 14.5. The lowest BCUT2D eigenvalue weighted by Gasteiger charge is -2.41. The second-order valence-electron chi connectivity index (χ2n) is 11.5.